The lowest BCUT2D eigenvalue weighted by molar-refractivity contribution is -0.120. The molecule has 2 aliphatic rings. The van der Waals surface area contributed by atoms with Gasteiger partial charge in [-0.15, -0.1) is 0 Å². The van der Waals surface area contributed by atoms with Crippen LogP contribution in [0.4, 0.5) is 19.3 Å². The summed E-state index contributed by atoms with van der Waals surface area (Å²) >= 11 is 6.07. The van der Waals surface area contributed by atoms with Gasteiger partial charge in [0.2, 0.25) is 5.89 Å². The van der Waals surface area contributed by atoms with Gasteiger partial charge in [0.15, 0.2) is 9.84 Å². The quantitative estimate of drug-likeness (QED) is 0.376. The minimum Gasteiger partial charge on any atom is -0.444 e. The fraction of sp³-hybridized carbons (Fsp3) is 0.452. The van der Waals surface area contributed by atoms with E-state index >= 15 is 0 Å². The maximum Gasteiger partial charge on any atom is 0.408 e. The Bertz CT molecular complexity index is 1720. The van der Waals surface area contributed by atoms with Crippen LogP contribution in [0.3, 0.4) is 0 Å². The molecule has 14 heteroatoms. The van der Waals surface area contributed by atoms with Crippen molar-refractivity contribution in [2.24, 2.45) is 0 Å². The number of oxazole rings is 1. The number of likely N-dealkylation sites (N-methyl/N-ethyl adjacent to an activating group) is 1. The number of hydrogen-bond acceptors (Lipinski definition) is 8. The third kappa shape index (κ3) is 7.47. The van der Waals surface area contributed by atoms with Crippen molar-refractivity contribution in [3.8, 4) is 11.5 Å². The van der Waals surface area contributed by atoms with Crippen molar-refractivity contribution in [3.05, 3.63) is 64.5 Å². The van der Waals surface area contributed by atoms with Crippen LogP contribution in [0.5, 0.6) is 0 Å². The first kappa shape index (κ1) is 32.8. The number of aryl methyl sites for hydroxylation is 1. The SMILES string of the molecule is Cc1cc2c(cc1-c1ncc(C3CN(C)CC(F)(F)C3)o1)N(Cc1ccc(Cl)cc1)C(=O)[C@@H](NC(=O)OC(C)(C)C)CS2(=O)=O. The fourth-order valence-electron chi connectivity index (χ4n) is 5.65. The van der Waals surface area contributed by atoms with E-state index in [9.17, 15) is 26.8 Å². The topological polar surface area (TPSA) is 122 Å². The number of benzene rings is 2. The van der Waals surface area contributed by atoms with Crippen LogP contribution in [0, 0.1) is 6.92 Å². The molecule has 45 heavy (non-hydrogen) atoms. The minimum absolute atomic E-state index is 0.0478. The highest BCUT2D eigenvalue weighted by molar-refractivity contribution is 7.91. The van der Waals surface area contributed by atoms with Gasteiger partial charge in [-0.05, 0) is 70.1 Å². The Labute approximate surface area is 265 Å². The summed E-state index contributed by atoms with van der Waals surface area (Å²) in [6.07, 6.45) is 0.0914. The average molecular weight is 665 g/mol. The van der Waals surface area contributed by atoms with E-state index in [1.54, 1.807) is 59.0 Å². The number of likely N-dealkylation sites (tertiary alicyclic amines) is 1. The number of carbonyl (C=O) groups is 2. The number of nitrogens with zero attached hydrogens (tertiary/aromatic N) is 3. The molecule has 0 radical (unpaired) electrons. The number of hydrogen-bond donors (Lipinski definition) is 1. The summed E-state index contributed by atoms with van der Waals surface area (Å²) in [6, 6.07) is 8.19. The standard InChI is InChI=1S/C31H35ClF2N4O6S/c1-18-10-26-24(11-22(18)27-35-13-25(43-27)20-12-31(33,34)17-37(5)15-20)38(14-19-6-8-21(32)9-7-19)28(39)23(16-45(26,41)42)36-29(40)44-30(2,3)4/h6-11,13,20,23H,12,14-17H2,1-5H3,(H,36,40)/t20?,23-/m0/s1. The number of piperidine rings is 1. The van der Waals surface area contributed by atoms with Gasteiger partial charge >= 0.3 is 6.09 Å². The highest BCUT2D eigenvalue weighted by atomic mass is 35.5. The smallest absolute Gasteiger partial charge is 0.408 e. The van der Waals surface area contributed by atoms with Crippen LogP contribution in [0.2, 0.25) is 5.02 Å². The van der Waals surface area contributed by atoms with Crippen molar-refractivity contribution < 1.29 is 35.9 Å². The Morgan fingerprint density at radius 2 is 1.91 bits per heavy atom. The fourth-order valence-corrected chi connectivity index (χ4v) is 7.47. The maximum atomic E-state index is 14.3. The predicted molar refractivity (Wildman–Crippen MR) is 164 cm³/mol. The molecule has 1 unspecified atom stereocenters. The number of amides is 2. The van der Waals surface area contributed by atoms with Crippen LogP contribution in [0.25, 0.3) is 11.5 Å². The summed E-state index contributed by atoms with van der Waals surface area (Å²) in [7, 11) is -2.51. The number of rotatable bonds is 5. The van der Waals surface area contributed by atoms with Gasteiger partial charge in [-0.25, -0.2) is 27.0 Å². The van der Waals surface area contributed by atoms with Crippen LogP contribution in [-0.4, -0.2) is 73.8 Å². The minimum atomic E-state index is -4.13. The van der Waals surface area contributed by atoms with Gasteiger partial charge in [0.1, 0.15) is 17.4 Å². The molecule has 0 bridgehead atoms. The van der Waals surface area contributed by atoms with Crippen molar-refractivity contribution in [3.63, 3.8) is 0 Å². The summed E-state index contributed by atoms with van der Waals surface area (Å²) in [5, 5.41) is 2.92. The second-order valence-corrected chi connectivity index (χ2v) is 15.1. The molecule has 3 aromatic rings. The van der Waals surface area contributed by atoms with Crippen LogP contribution in [0.1, 0.15) is 50.0 Å². The number of nitrogens with one attached hydrogen (secondary N) is 1. The third-order valence-corrected chi connectivity index (χ3v) is 9.58. The molecule has 10 nitrogen and oxygen atoms in total. The lowest BCUT2D eigenvalue weighted by Gasteiger charge is -2.34. The highest BCUT2D eigenvalue weighted by Gasteiger charge is 2.42. The molecular formula is C31H35ClF2N4O6S. The number of alkyl halides is 2. The average Bonchev–Trinajstić information content (AvgIpc) is 3.38. The van der Waals surface area contributed by atoms with Crippen molar-refractivity contribution in [2.45, 2.75) is 69.0 Å². The van der Waals surface area contributed by atoms with Gasteiger partial charge in [0.25, 0.3) is 11.8 Å². The first-order valence-corrected chi connectivity index (χ1v) is 16.4. The van der Waals surface area contributed by atoms with E-state index in [4.69, 9.17) is 20.8 Å². The molecule has 3 heterocycles. The molecule has 242 valence electrons. The molecule has 2 amide bonds. The van der Waals surface area contributed by atoms with Gasteiger partial charge in [-0.2, -0.15) is 0 Å². The van der Waals surface area contributed by atoms with E-state index < -0.39 is 51.1 Å². The first-order valence-electron chi connectivity index (χ1n) is 14.4. The summed E-state index contributed by atoms with van der Waals surface area (Å²) < 4.78 is 67.5. The highest BCUT2D eigenvalue weighted by Crippen LogP contribution is 2.40. The number of carbonyl (C=O) groups excluding carboxylic acids is 2. The largest absolute Gasteiger partial charge is 0.444 e. The molecule has 1 saturated heterocycles. The zero-order chi connectivity index (χ0) is 32.9. The third-order valence-electron chi connectivity index (χ3n) is 7.56. The first-order chi connectivity index (χ1) is 20.9. The van der Waals surface area contributed by atoms with E-state index in [0.29, 0.717) is 28.3 Å². The molecule has 2 aromatic carbocycles. The number of sulfone groups is 1. The normalized spacial score (nSPS) is 21.6. The number of aromatic nitrogens is 1. The number of alkyl carbamates (subject to hydrolysis) is 1. The molecule has 0 saturated carbocycles. The summed E-state index contributed by atoms with van der Waals surface area (Å²) in [6.45, 7) is 6.59. The monoisotopic (exact) mass is 664 g/mol. The van der Waals surface area contributed by atoms with Crippen LogP contribution in [0.15, 0.2) is 51.9 Å². The summed E-state index contributed by atoms with van der Waals surface area (Å²) in [4.78, 5) is 33.8. The second kappa shape index (κ2) is 12.0. The van der Waals surface area contributed by atoms with Crippen LogP contribution >= 0.6 is 11.6 Å². The van der Waals surface area contributed by atoms with E-state index in [-0.39, 0.29) is 41.7 Å². The molecule has 0 aliphatic carbocycles. The molecule has 1 aromatic heterocycles. The van der Waals surface area contributed by atoms with E-state index in [2.05, 4.69) is 10.3 Å². The van der Waals surface area contributed by atoms with Crippen molar-refractivity contribution in [2.75, 3.05) is 30.8 Å². The number of ether oxygens (including phenoxy) is 1. The maximum absolute atomic E-state index is 14.3. The van der Waals surface area contributed by atoms with Crippen molar-refractivity contribution >= 4 is 39.1 Å². The Hall–Kier alpha value is -3.55. The summed E-state index contributed by atoms with van der Waals surface area (Å²) in [5.41, 5.74) is 0.699. The van der Waals surface area contributed by atoms with E-state index in [0.717, 1.165) is 0 Å². The van der Waals surface area contributed by atoms with Crippen molar-refractivity contribution in [1.29, 1.82) is 0 Å². The number of anilines is 1. The van der Waals surface area contributed by atoms with Crippen molar-refractivity contribution in [1.82, 2.24) is 15.2 Å². The van der Waals surface area contributed by atoms with Gasteiger partial charge in [-0.1, -0.05) is 23.7 Å². The lowest BCUT2D eigenvalue weighted by atomic mass is 9.94. The Kier molecular flexibility index (Phi) is 8.75. The molecular weight excluding hydrogens is 630 g/mol. The van der Waals surface area contributed by atoms with Crippen LogP contribution in [-0.2, 0) is 25.9 Å². The Morgan fingerprint density at radius 1 is 1.22 bits per heavy atom. The predicted octanol–water partition coefficient (Wildman–Crippen LogP) is 5.57. The van der Waals surface area contributed by atoms with Gasteiger partial charge in [0.05, 0.1) is 35.6 Å². The Morgan fingerprint density at radius 3 is 2.56 bits per heavy atom. The Balaban J connectivity index is 1.57. The molecule has 1 N–H and O–H groups in total. The van der Waals surface area contributed by atoms with E-state index in [1.165, 1.54) is 28.1 Å². The molecule has 2 aliphatic heterocycles. The van der Waals surface area contributed by atoms with Crippen LogP contribution < -0.4 is 10.2 Å². The van der Waals surface area contributed by atoms with Gasteiger partial charge in [-0.3, -0.25) is 9.69 Å². The second-order valence-electron chi connectivity index (χ2n) is 12.7. The molecule has 1 fully saturated rings. The zero-order valence-corrected chi connectivity index (χ0v) is 27.1. The number of halogens is 3. The number of fused-ring (bicyclic) bond motifs is 1. The molecule has 5 rings (SSSR count). The molecule has 0 spiro atoms. The van der Waals surface area contributed by atoms with E-state index in [1.807, 2.05) is 0 Å². The lowest BCUT2D eigenvalue weighted by Crippen LogP contribution is -2.51. The van der Waals surface area contributed by atoms with Gasteiger partial charge in [0, 0.05) is 29.5 Å². The zero-order valence-electron chi connectivity index (χ0n) is 25.6. The summed E-state index contributed by atoms with van der Waals surface area (Å²) in [5.74, 6) is -4.45. The molecule has 2 atom stereocenters. The van der Waals surface area contributed by atoms with Gasteiger partial charge < -0.3 is 19.4 Å².